The van der Waals surface area contributed by atoms with Crippen LogP contribution >= 0.6 is 23.4 Å². The number of halogens is 1. The van der Waals surface area contributed by atoms with Crippen molar-refractivity contribution in [2.75, 3.05) is 0 Å². The molecule has 0 aliphatic carbocycles. The standard InChI is InChI=1S/C18H15ClN2OS/c1-21-17(22)11-16(13-7-3-2-4-8-13)20-18(21)23-12-14-9-5-6-10-15(14)19/h2-11H,12H2,1H3. The summed E-state index contributed by atoms with van der Waals surface area (Å²) in [5.74, 6) is 0.665. The number of hydrogen-bond donors (Lipinski definition) is 0. The molecule has 3 aromatic rings. The Morgan fingerprint density at radius 2 is 1.78 bits per heavy atom. The van der Waals surface area contributed by atoms with Crippen LogP contribution in [0, 0.1) is 0 Å². The van der Waals surface area contributed by atoms with Crippen molar-refractivity contribution in [2.24, 2.45) is 7.05 Å². The van der Waals surface area contributed by atoms with Crippen molar-refractivity contribution in [3.8, 4) is 11.3 Å². The molecule has 0 saturated carbocycles. The van der Waals surface area contributed by atoms with Crippen LogP contribution in [0.5, 0.6) is 0 Å². The molecule has 116 valence electrons. The first-order chi connectivity index (χ1) is 11.1. The summed E-state index contributed by atoms with van der Waals surface area (Å²) in [6, 6.07) is 19.0. The molecule has 23 heavy (non-hydrogen) atoms. The fraction of sp³-hybridized carbons (Fsp3) is 0.111. The van der Waals surface area contributed by atoms with E-state index in [1.807, 2.05) is 54.6 Å². The van der Waals surface area contributed by atoms with Crippen LogP contribution < -0.4 is 5.56 Å². The highest BCUT2D eigenvalue weighted by Gasteiger charge is 2.09. The average molecular weight is 343 g/mol. The molecule has 0 amide bonds. The molecule has 5 heteroatoms. The Morgan fingerprint density at radius 3 is 2.52 bits per heavy atom. The van der Waals surface area contributed by atoms with E-state index in [4.69, 9.17) is 11.6 Å². The van der Waals surface area contributed by atoms with E-state index >= 15 is 0 Å². The van der Waals surface area contributed by atoms with Gasteiger partial charge in [-0.15, -0.1) is 0 Å². The maximum Gasteiger partial charge on any atom is 0.254 e. The van der Waals surface area contributed by atoms with E-state index in [1.54, 1.807) is 17.7 Å². The first kappa shape index (κ1) is 15.8. The molecule has 1 aromatic heterocycles. The third-order valence-corrected chi connectivity index (χ3v) is 4.93. The van der Waals surface area contributed by atoms with Crippen molar-refractivity contribution < 1.29 is 0 Å². The highest BCUT2D eigenvalue weighted by atomic mass is 35.5. The van der Waals surface area contributed by atoms with Crippen LogP contribution in [-0.2, 0) is 12.8 Å². The van der Waals surface area contributed by atoms with Gasteiger partial charge in [-0.2, -0.15) is 0 Å². The summed E-state index contributed by atoms with van der Waals surface area (Å²) < 4.78 is 1.56. The van der Waals surface area contributed by atoms with E-state index < -0.39 is 0 Å². The number of benzene rings is 2. The van der Waals surface area contributed by atoms with Crippen LogP contribution in [0.2, 0.25) is 5.02 Å². The molecule has 2 aromatic carbocycles. The highest BCUT2D eigenvalue weighted by Crippen LogP contribution is 2.26. The highest BCUT2D eigenvalue weighted by molar-refractivity contribution is 7.98. The van der Waals surface area contributed by atoms with Gasteiger partial charge >= 0.3 is 0 Å². The Morgan fingerprint density at radius 1 is 1.09 bits per heavy atom. The van der Waals surface area contributed by atoms with Crippen molar-refractivity contribution in [3.63, 3.8) is 0 Å². The minimum Gasteiger partial charge on any atom is -0.291 e. The second-order valence-corrected chi connectivity index (χ2v) is 6.42. The molecule has 0 N–H and O–H groups in total. The molecule has 0 aliphatic heterocycles. The molecule has 0 atom stereocenters. The number of nitrogens with zero attached hydrogens (tertiary/aromatic N) is 2. The zero-order chi connectivity index (χ0) is 16.2. The van der Waals surface area contributed by atoms with Gasteiger partial charge in [0.2, 0.25) is 0 Å². The Bertz CT molecular complexity index is 878. The molecule has 0 aliphatic rings. The van der Waals surface area contributed by atoms with E-state index in [0.29, 0.717) is 16.6 Å². The SMILES string of the molecule is Cn1c(SCc2ccccc2Cl)nc(-c2ccccc2)cc1=O. The lowest BCUT2D eigenvalue weighted by molar-refractivity contribution is 0.711. The third kappa shape index (κ3) is 3.66. The van der Waals surface area contributed by atoms with Crippen LogP contribution in [0.4, 0.5) is 0 Å². The molecule has 0 saturated heterocycles. The van der Waals surface area contributed by atoms with Gasteiger partial charge in [-0.05, 0) is 11.6 Å². The summed E-state index contributed by atoms with van der Waals surface area (Å²) in [6.07, 6.45) is 0. The zero-order valence-electron chi connectivity index (χ0n) is 12.6. The van der Waals surface area contributed by atoms with Gasteiger partial charge in [0, 0.05) is 29.5 Å². The van der Waals surface area contributed by atoms with E-state index in [1.165, 1.54) is 11.8 Å². The summed E-state index contributed by atoms with van der Waals surface area (Å²) in [6.45, 7) is 0. The fourth-order valence-corrected chi connectivity index (χ4v) is 3.43. The summed E-state index contributed by atoms with van der Waals surface area (Å²) >= 11 is 7.69. The minimum atomic E-state index is -0.0690. The fourth-order valence-electron chi connectivity index (χ4n) is 2.16. The van der Waals surface area contributed by atoms with Gasteiger partial charge in [-0.25, -0.2) is 4.98 Å². The largest absolute Gasteiger partial charge is 0.291 e. The Balaban J connectivity index is 1.91. The lowest BCUT2D eigenvalue weighted by Crippen LogP contribution is -2.19. The number of hydrogen-bond acceptors (Lipinski definition) is 3. The molecule has 0 unspecified atom stereocenters. The van der Waals surface area contributed by atoms with Crippen LogP contribution in [-0.4, -0.2) is 9.55 Å². The van der Waals surface area contributed by atoms with E-state index in [0.717, 1.165) is 16.1 Å². The molecular formula is C18H15ClN2OS. The molecule has 3 rings (SSSR count). The van der Waals surface area contributed by atoms with Crippen molar-refractivity contribution in [2.45, 2.75) is 10.9 Å². The van der Waals surface area contributed by atoms with E-state index in [2.05, 4.69) is 4.98 Å². The van der Waals surface area contributed by atoms with Crippen molar-refractivity contribution >= 4 is 23.4 Å². The van der Waals surface area contributed by atoms with Crippen LogP contribution in [0.1, 0.15) is 5.56 Å². The number of aromatic nitrogens is 2. The van der Waals surface area contributed by atoms with Gasteiger partial charge in [0.05, 0.1) is 5.69 Å². The lowest BCUT2D eigenvalue weighted by atomic mass is 10.1. The van der Waals surface area contributed by atoms with Gasteiger partial charge in [0.1, 0.15) is 0 Å². The molecule has 0 spiro atoms. The van der Waals surface area contributed by atoms with Crippen LogP contribution in [0.15, 0.2) is 70.6 Å². The first-order valence-corrected chi connectivity index (χ1v) is 8.51. The van der Waals surface area contributed by atoms with Crippen LogP contribution in [0.25, 0.3) is 11.3 Å². The Labute approximate surface area is 144 Å². The van der Waals surface area contributed by atoms with Crippen LogP contribution in [0.3, 0.4) is 0 Å². The molecular weight excluding hydrogens is 328 g/mol. The first-order valence-electron chi connectivity index (χ1n) is 7.15. The number of rotatable bonds is 4. The molecule has 0 radical (unpaired) electrons. The van der Waals surface area contributed by atoms with Gasteiger partial charge < -0.3 is 0 Å². The van der Waals surface area contributed by atoms with Gasteiger partial charge in [-0.3, -0.25) is 9.36 Å². The summed E-state index contributed by atoms with van der Waals surface area (Å²) in [7, 11) is 1.74. The second kappa shape index (κ2) is 7.02. The van der Waals surface area contributed by atoms with E-state index in [9.17, 15) is 4.79 Å². The topological polar surface area (TPSA) is 34.9 Å². The zero-order valence-corrected chi connectivity index (χ0v) is 14.1. The average Bonchev–Trinajstić information content (AvgIpc) is 2.58. The lowest BCUT2D eigenvalue weighted by Gasteiger charge is -2.10. The number of thioether (sulfide) groups is 1. The maximum absolute atomic E-state index is 12.2. The van der Waals surface area contributed by atoms with E-state index in [-0.39, 0.29) is 5.56 Å². The molecule has 0 fully saturated rings. The van der Waals surface area contributed by atoms with Crippen molar-refractivity contribution in [1.82, 2.24) is 9.55 Å². The maximum atomic E-state index is 12.2. The van der Waals surface area contributed by atoms with Gasteiger partial charge in [0.15, 0.2) is 5.16 Å². The van der Waals surface area contributed by atoms with Gasteiger partial charge in [-0.1, -0.05) is 71.9 Å². The Hall–Kier alpha value is -2.04. The summed E-state index contributed by atoms with van der Waals surface area (Å²) in [4.78, 5) is 16.8. The molecule has 0 bridgehead atoms. The molecule has 3 nitrogen and oxygen atoms in total. The monoisotopic (exact) mass is 342 g/mol. The second-order valence-electron chi connectivity index (χ2n) is 5.07. The third-order valence-electron chi connectivity index (χ3n) is 3.48. The van der Waals surface area contributed by atoms with Gasteiger partial charge in [0.25, 0.3) is 5.56 Å². The quantitative estimate of drug-likeness (QED) is 0.521. The van der Waals surface area contributed by atoms with Crippen molar-refractivity contribution in [1.29, 1.82) is 0 Å². The predicted octanol–water partition coefficient (Wildman–Crippen LogP) is 4.39. The normalized spacial score (nSPS) is 10.7. The summed E-state index contributed by atoms with van der Waals surface area (Å²) in [5.41, 5.74) is 2.58. The summed E-state index contributed by atoms with van der Waals surface area (Å²) in [5, 5.41) is 1.40. The minimum absolute atomic E-state index is 0.0690. The smallest absolute Gasteiger partial charge is 0.254 e. The predicted molar refractivity (Wildman–Crippen MR) is 95.9 cm³/mol. The Kier molecular flexibility index (Phi) is 4.84. The molecule has 1 heterocycles. The van der Waals surface area contributed by atoms with Crippen molar-refractivity contribution in [3.05, 3.63) is 81.6 Å².